The zero-order valence-corrected chi connectivity index (χ0v) is 9.48. The third kappa shape index (κ3) is 3.02. The molecule has 1 aromatic heterocycles. The molecule has 15 heavy (non-hydrogen) atoms. The van der Waals surface area contributed by atoms with Crippen LogP contribution in [0.3, 0.4) is 0 Å². The van der Waals surface area contributed by atoms with Gasteiger partial charge >= 0.3 is 0 Å². The van der Waals surface area contributed by atoms with Gasteiger partial charge in [0.2, 0.25) is 0 Å². The Morgan fingerprint density at radius 2 is 2.07 bits per heavy atom. The number of rotatable bonds is 5. The number of aromatic nitrogens is 1. The maximum Gasteiger partial charge on any atom is 0.250 e. The Morgan fingerprint density at radius 3 is 2.53 bits per heavy atom. The van der Waals surface area contributed by atoms with Crippen molar-refractivity contribution in [3.63, 3.8) is 0 Å². The molecular weight excluding hydrogens is 198 g/mol. The molecule has 0 aromatic carbocycles. The highest BCUT2D eigenvalue weighted by atomic mass is 19.3. The molecule has 0 saturated heterocycles. The monoisotopic (exact) mass is 216 g/mol. The van der Waals surface area contributed by atoms with Crippen molar-refractivity contribution in [3.05, 3.63) is 23.0 Å². The largest absolute Gasteiger partial charge is 0.349 e. The minimum atomic E-state index is -2.28. The topological polar surface area (TPSA) is 17.0 Å². The summed E-state index contributed by atoms with van der Waals surface area (Å²) in [5.41, 5.74) is 3.45. The molecule has 1 aromatic rings. The number of hydrogen-bond donors (Lipinski definition) is 1. The van der Waals surface area contributed by atoms with E-state index in [-0.39, 0.29) is 6.54 Å². The number of halogens is 2. The Balaban J connectivity index is 2.62. The number of nitrogens with zero attached hydrogens (tertiary/aromatic N) is 1. The van der Waals surface area contributed by atoms with Crippen molar-refractivity contribution >= 4 is 0 Å². The Labute approximate surface area is 89.3 Å². The van der Waals surface area contributed by atoms with Crippen molar-refractivity contribution in [3.8, 4) is 0 Å². The molecule has 4 heteroatoms. The molecule has 0 aliphatic rings. The minimum absolute atomic E-state index is 0.240. The van der Waals surface area contributed by atoms with Gasteiger partial charge < -0.3 is 9.88 Å². The molecule has 1 N–H and O–H groups in total. The second kappa shape index (κ2) is 5.26. The van der Waals surface area contributed by atoms with E-state index >= 15 is 0 Å². The summed E-state index contributed by atoms with van der Waals surface area (Å²) in [6.07, 6.45) is -2.28. The van der Waals surface area contributed by atoms with E-state index in [1.54, 1.807) is 0 Å². The van der Waals surface area contributed by atoms with Crippen LogP contribution in [0.5, 0.6) is 0 Å². The maximum absolute atomic E-state index is 11.9. The summed E-state index contributed by atoms with van der Waals surface area (Å²) in [4.78, 5) is 0. The molecule has 0 amide bonds. The van der Waals surface area contributed by atoms with Crippen molar-refractivity contribution in [2.45, 2.75) is 40.3 Å². The summed E-state index contributed by atoms with van der Waals surface area (Å²) in [6.45, 7) is 7.34. The second-order valence-corrected chi connectivity index (χ2v) is 3.66. The van der Waals surface area contributed by atoms with Gasteiger partial charge in [0.05, 0.1) is 6.54 Å². The van der Waals surface area contributed by atoms with Crippen molar-refractivity contribution in [2.75, 3.05) is 6.54 Å². The summed E-state index contributed by atoms with van der Waals surface area (Å²) in [6, 6.07) is 2.05. The van der Waals surface area contributed by atoms with E-state index in [9.17, 15) is 8.78 Å². The normalized spacial score (nSPS) is 11.3. The van der Waals surface area contributed by atoms with Gasteiger partial charge in [-0.1, -0.05) is 0 Å². The van der Waals surface area contributed by atoms with Gasteiger partial charge in [-0.05, 0) is 32.4 Å². The molecule has 0 radical (unpaired) electrons. The molecule has 0 unspecified atom stereocenters. The SMILES string of the molecule is CCn1c(C)cc(CNCC(F)F)c1C. The lowest BCUT2D eigenvalue weighted by atomic mass is 10.2. The smallest absolute Gasteiger partial charge is 0.250 e. The first kappa shape index (κ1) is 12.2. The molecule has 0 fully saturated rings. The summed E-state index contributed by atoms with van der Waals surface area (Å²) in [7, 11) is 0. The highest BCUT2D eigenvalue weighted by molar-refractivity contribution is 5.26. The first-order chi connectivity index (χ1) is 7.06. The Bertz CT molecular complexity index is 319. The minimum Gasteiger partial charge on any atom is -0.349 e. The Kier molecular flexibility index (Phi) is 4.27. The average Bonchev–Trinajstić information content (AvgIpc) is 2.41. The van der Waals surface area contributed by atoms with E-state index in [0.29, 0.717) is 6.54 Å². The summed E-state index contributed by atoms with van der Waals surface area (Å²) in [5, 5.41) is 2.74. The molecule has 0 atom stereocenters. The second-order valence-electron chi connectivity index (χ2n) is 3.66. The van der Waals surface area contributed by atoms with Crippen LogP contribution in [0, 0.1) is 13.8 Å². The van der Waals surface area contributed by atoms with Crippen LogP contribution in [0.4, 0.5) is 8.78 Å². The molecular formula is C11H18F2N2. The van der Waals surface area contributed by atoms with Crippen LogP contribution in [0.25, 0.3) is 0 Å². The highest BCUT2D eigenvalue weighted by Gasteiger charge is 2.08. The van der Waals surface area contributed by atoms with Gasteiger partial charge in [0, 0.05) is 24.5 Å². The fourth-order valence-corrected chi connectivity index (χ4v) is 1.85. The maximum atomic E-state index is 11.9. The molecule has 1 rings (SSSR count). The first-order valence-corrected chi connectivity index (χ1v) is 5.20. The van der Waals surface area contributed by atoms with Gasteiger partial charge in [-0.15, -0.1) is 0 Å². The Hall–Kier alpha value is -0.900. The van der Waals surface area contributed by atoms with Crippen LogP contribution < -0.4 is 5.32 Å². The number of alkyl halides is 2. The molecule has 1 heterocycles. The van der Waals surface area contributed by atoms with Crippen LogP contribution in [0.2, 0.25) is 0 Å². The molecule has 0 bridgehead atoms. The van der Waals surface area contributed by atoms with Gasteiger partial charge in [0.25, 0.3) is 6.43 Å². The summed E-state index contributed by atoms with van der Waals surface area (Å²) < 4.78 is 26.0. The Morgan fingerprint density at radius 1 is 1.40 bits per heavy atom. The lowest BCUT2D eigenvalue weighted by Crippen LogP contribution is -2.20. The van der Waals surface area contributed by atoms with Crippen molar-refractivity contribution < 1.29 is 8.78 Å². The third-order valence-corrected chi connectivity index (χ3v) is 2.61. The van der Waals surface area contributed by atoms with Gasteiger partial charge in [0.15, 0.2) is 0 Å². The average molecular weight is 216 g/mol. The lowest BCUT2D eigenvalue weighted by Gasteiger charge is -2.06. The van der Waals surface area contributed by atoms with Gasteiger partial charge in [-0.3, -0.25) is 0 Å². The standard InChI is InChI=1S/C11H18F2N2/c1-4-15-8(2)5-10(9(15)3)6-14-7-11(12)13/h5,11,14H,4,6-7H2,1-3H3. The van der Waals surface area contributed by atoms with Gasteiger partial charge in [-0.2, -0.15) is 0 Å². The number of nitrogens with one attached hydrogen (secondary N) is 1. The van der Waals surface area contributed by atoms with Crippen LogP contribution in [0.1, 0.15) is 23.9 Å². The van der Waals surface area contributed by atoms with Crippen LogP contribution in [-0.4, -0.2) is 17.5 Å². The fraction of sp³-hybridized carbons (Fsp3) is 0.636. The predicted molar refractivity (Wildman–Crippen MR) is 57.3 cm³/mol. The molecule has 0 aliphatic carbocycles. The van der Waals surface area contributed by atoms with E-state index in [0.717, 1.165) is 17.8 Å². The van der Waals surface area contributed by atoms with Gasteiger partial charge in [0.1, 0.15) is 0 Å². The van der Waals surface area contributed by atoms with Crippen LogP contribution in [-0.2, 0) is 13.1 Å². The van der Waals surface area contributed by atoms with Crippen LogP contribution >= 0.6 is 0 Å². The number of aryl methyl sites for hydroxylation is 1. The predicted octanol–water partition coefficient (Wildman–Crippen LogP) is 2.48. The van der Waals surface area contributed by atoms with Crippen molar-refractivity contribution in [1.82, 2.24) is 9.88 Å². The van der Waals surface area contributed by atoms with E-state index in [1.807, 2.05) is 13.8 Å². The fourth-order valence-electron chi connectivity index (χ4n) is 1.85. The van der Waals surface area contributed by atoms with E-state index in [1.165, 1.54) is 5.69 Å². The van der Waals surface area contributed by atoms with Gasteiger partial charge in [-0.25, -0.2) is 8.78 Å². The molecule has 0 saturated carbocycles. The molecule has 2 nitrogen and oxygen atoms in total. The third-order valence-electron chi connectivity index (χ3n) is 2.61. The highest BCUT2D eigenvalue weighted by Crippen LogP contribution is 2.14. The molecule has 0 aliphatic heterocycles. The van der Waals surface area contributed by atoms with E-state index in [2.05, 4.69) is 22.9 Å². The van der Waals surface area contributed by atoms with Crippen LogP contribution in [0.15, 0.2) is 6.07 Å². The van der Waals surface area contributed by atoms with E-state index < -0.39 is 6.43 Å². The zero-order valence-electron chi connectivity index (χ0n) is 9.48. The summed E-state index contributed by atoms with van der Waals surface area (Å²) >= 11 is 0. The van der Waals surface area contributed by atoms with Crippen molar-refractivity contribution in [1.29, 1.82) is 0 Å². The van der Waals surface area contributed by atoms with E-state index in [4.69, 9.17) is 0 Å². The number of hydrogen-bond acceptors (Lipinski definition) is 1. The zero-order chi connectivity index (χ0) is 11.4. The lowest BCUT2D eigenvalue weighted by molar-refractivity contribution is 0.145. The summed E-state index contributed by atoms with van der Waals surface area (Å²) in [5.74, 6) is 0. The quantitative estimate of drug-likeness (QED) is 0.800. The molecule has 0 spiro atoms. The van der Waals surface area contributed by atoms with Crippen molar-refractivity contribution in [2.24, 2.45) is 0 Å². The first-order valence-electron chi connectivity index (χ1n) is 5.20. The molecule has 86 valence electrons.